The first-order valence-electron chi connectivity index (χ1n) is 7.73. The molecule has 1 heterocycles. The van der Waals surface area contributed by atoms with E-state index in [1.807, 2.05) is 6.07 Å². The van der Waals surface area contributed by atoms with Gasteiger partial charge in [-0.2, -0.15) is 0 Å². The van der Waals surface area contributed by atoms with Crippen LogP contribution in [0.3, 0.4) is 0 Å². The van der Waals surface area contributed by atoms with Gasteiger partial charge in [0, 0.05) is 24.2 Å². The number of halogens is 1. The highest BCUT2D eigenvalue weighted by Crippen LogP contribution is 2.35. The largest absolute Gasteiger partial charge is 0.329 e. The summed E-state index contributed by atoms with van der Waals surface area (Å²) in [4.78, 5) is 2.58. The zero-order valence-corrected chi connectivity index (χ0v) is 12.9. The van der Waals surface area contributed by atoms with Gasteiger partial charge < -0.3 is 5.73 Å². The lowest BCUT2D eigenvalue weighted by molar-refractivity contribution is 0.0594. The van der Waals surface area contributed by atoms with Gasteiger partial charge in [0.2, 0.25) is 0 Å². The van der Waals surface area contributed by atoms with Crippen LogP contribution in [0.1, 0.15) is 45.6 Å². The van der Waals surface area contributed by atoms with Gasteiger partial charge in [-0.1, -0.05) is 19.1 Å². The molecule has 0 saturated carbocycles. The molecule has 0 amide bonds. The fourth-order valence-corrected chi connectivity index (χ4v) is 3.80. The van der Waals surface area contributed by atoms with Gasteiger partial charge in [-0.25, -0.2) is 4.39 Å². The van der Waals surface area contributed by atoms with Crippen LogP contribution >= 0.6 is 0 Å². The van der Waals surface area contributed by atoms with E-state index in [4.69, 9.17) is 5.73 Å². The summed E-state index contributed by atoms with van der Waals surface area (Å²) < 4.78 is 13.4. The van der Waals surface area contributed by atoms with E-state index in [1.54, 1.807) is 12.1 Å². The summed E-state index contributed by atoms with van der Waals surface area (Å²) >= 11 is 0. The van der Waals surface area contributed by atoms with Gasteiger partial charge in [-0.3, -0.25) is 4.90 Å². The van der Waals surface area contributed by atoms with E-state index in [9.17, 15) is 4.39 Å². The highest BCUT2D eigenvalue weighted by atomic mass is 19.1. The summed E-state index contributed by atoms with van der Waals surface area (Å²) in [6.07, 6.45) is 4.44. The van der Waals surface area contributed by atoms with E-state index in [1.165, 1.54) is 18.9 Å². The minimum absolute atomic E-state index is 0.0929. The Kier molecular flexibility index (Phi) is 4.82. The normalized spacial score (nSPS) is 26.6. The molecule has 3 heteroatoms. The standard InChI is InChI=1S/C17H27FN2/c1-4-16-9-8-13(2)20(16)17(3,12-19)11-14-6-5-7-15(18)10-14/h5-7,10,13,16H,4,8-9,11-12,19H2,1-3H3. The third-order valence-corrected chi connectivity index (χ3v) is 4.79. The third kappa shape index (κ3) is 3.04. The predicted molar refractivity (Wildman–Crippen MR) is 82.2 cm³/mol. The summed E-state index contributed by atoms with van der Waals surface area (Å²) in [6, 6.07) is 8.08. The number of nitrogens with two attached hydrogens (primary N) is 1. The summed E-state index contributed by atoms with van der Waals surface area (Å²) in [5, 5.41) is 0. The fraction of sp³-hybridized carbons (Fsp3) is 0.647. The Hall–Kier alpha value is -0.930. The molecule has 2 N–H and O–H groups in total. The predicted octanol–water partition coefficient (Wildman–Crippen LogP) is 3.35. The Balaban J connectivity index is 2.24. The van der Waals surface area contributed by atoms with Crippen molar-refractivity contribution in [2.45, 2.75) is 64.1 Å². The fourth-order valence-electron chi connectivity index (χ4n) is 3.80. The summed E-state index contributed by atoms with van der Waals surface area (Å²) in [5.74, 6) is -0.164. The number of rotatable bonds is 5. The minimum Gasteiger partial charge on any atom is -0.329 e. The Labute approximate surface area is 122 Å². The SMILES string of the molecule is CCC1CCC(C)N1C(C)(CN)Cc1cccc(F)c1. The van der Waals surface area contributed by atoms with Crippen molar-refractivity contribution in [2.24, 2.45) is 5.73 Å². The molecule has 1 aliphatic rings. The molecule has 0 aromatic heterocycles. The zero-order valence-electron chi connectivity index (χ0n) is 12.9. The number of benzene rings is 1. The van der Waals surface area contributed by atoms with Crippen molar-refractivity contribution in [1.29, 1.82) is 0 Å². The molecule has 1 aromatic carbocycles. The average molecular weight is 278 g/mol. The molecule has 3 atom stereocenters. The number of likely N-dealkylation sites (tertiary alicyclic amines) is 1. The van der Waals surface area contributed by atoms with Crippen LogP contribution in [0.2, 0.25) is 0 Å². The quantitative estimate of drug-likeness (QED) is 0.895. The van der Waals surface area contributed by atoms with Gasteiger partial charge in [0.1, 0.15) is 5.82 Å². The molecule has 0 aliphatic carbocycles. The van der Waals surface area contributed by atoms with Crippen LogP contribution in [-0.2, 0) is 6.42 Å². The molecule has 0 radical (unpaired) electrons. The van der Waals surface area contributed by atoms with Crippen LogP contribution in [0, 0.1) is 5.82 Å². The molecule has 0 bridgehead atoms. The van der Waals surface area contributed by atoms with Crippen LogP contribution in [0.15, 0.2) is 24.3 Å². The second-order valence-electron chi connectivity index (χ2n) is 6.40. The maximum atomic E-state index is 13.4. The molecule has 1 fully saturated rings. The first kappa shape index (κ1) is 15.5. The van der Waals surface area contributed by atoms with Crippen molar-refractivity contribution in [1.82, 2.24) is 4.90 Å². The van der Waals surface area contributed by atoms with E-state index in [-0.39, 0.29) is 11.4 Å². The van der Waals surface area contributed by atoms with Crippen molar-refractivity contribution in [3.05, 3.63) is 35.6 Å². The van der Waals surface area contributed by atoms with Crippen LogP contribution < -0.4 is 5.73 Å². The molecule has 2 nitrogen and oxygen atoms in total. The molecule has 3 unspecified atom stereocenters. The van der Waals surface area contributed by atoms with Gasteiger partial charge in [-0.05, 0) is 57.2 Å². The number of hydrogen-bond donors (Lipinski definition) is 1. The van der Waals surface area contributed by atoms with Crippen molar-refractivity contribution < 1.29 is 4.39 Å². The van der Waals surface area contributed by atoms with Gasteiger partial charge in [0.15, 0.2) is 0 Å². The van der Waals surface area contributed by atoms with Crippen molar-refractivity contribution in [3.63, 3.8) is 0 Å². The highest BCUT2D eigenvalue weighted by Gasteiger charge is 2.41. The van der Waals surface area contributed by atoms with Crippen LogP contribution in [0.25, 0.3) is 0 Å². The Morgan fingerprint density at radius 2 is 2.15 bits per heavy atom. The molecule has 20 heavy (non-hydrogen) atoms. The Morgan fingerprint density at radius 3 is 2.75 bits per heavy atom. The molecular formula is C17H27FN2. The second-order valence-corrected chi connectivity index (χ2v) is 6.40. The van der Waals surface area contributed by atoms with Crippen molar-refractivity contribution in [3.8, 4) is 0 Å². The van der Waals surface area contributed by atoms with Crippen LogP contribution in [0.5, 0.6) is 0 Å². The maximum Gasteiger partial charge on any atom is 0.123 e. The first-order valence-corrected chi connectivity index (χ1v) is 7.73. The maximum absolute atomic E-state index is 13.4. The second kappa shape index (κ2) is 6.23. The van der Waals surface area contributed by atoms with Gasteiger partial charge in [0.05, 0.1) is 0 Å². The van der Waals surface area contributed by atoms with E-state index in [0.29, 0.717) is 18.6 Å². The van der Waals surface area contributed by atoms with Crippen LogP contribution in [0.4, 0.5) is 4.39 Å². The van der Waals surface area contributed by atoms with Crippen molar-refractivity contribution in [2.75, 3.05) is 6.54 Å². The van der Waals surface area contributed by atoms with Crippen molar-refractivity contribution >= 4 is 0 Å². The summed E-state index contributed by atoms with van der Waals surface area (Å²) in [7, 11) is 0. The Morgan fingerprint density at radius 1 is 1.40 bits per heavy atom. The molecule has 2 rings (SSSR count). The zero-order chi connectivity index (χ0) is 14.8. The first-order chi connectivity index (χ1) is 9.50. The smallest absolute Gasteiger partial charge is 0.123 e. The minimum atomic E-state index is -0.164. The van der Waals surface area contributed by atoms with Gasteiger partial charge >= 0.3 is 0 Å². The van der Waals surface area contributed by atoms with Gasteiger partial charge in [0.25, 0.3) is 0 Å². The molecule has 0 spiro atoms. The van der Waals surface area contributed by atoms with E-state index >= 15 is 0 Å². The average Bonchev–Trinajstić information content (AvgIpc) is 2.80. The number of nitrogens with zero attached hydrogens (tertiary/aromatic N) is 1. The monoisotopic (exact) mass is 278 g/mol. The summed E-state index contributed by atoms with van der Waals surface area (Å²) in [5.41, 5.74) is 7.06. The van der Waals surface area contributed by atoms with E-state index < -0.39 is 0 Å². The molecule has 1 aliphatic heterocycles. The lowest BCUT2D eigenvalue weighted by Crippen LogP contribution is -2.57. The van der Waals surface area contributed by atoms with E-state index in [0.717, 1.165) is 18.4 Å². The van der Waals surface area contributed by atoms with E-state index in [2.05, 4.69) is 25.7 Å². The molecule has 1 aromatic rings. The molecule has 1 saturated heterocycles. The topological polar surface area (TPSA) is 29.3 Å². The highest BCUT2D eigenvalue weighted by molar-refractivity contribution is 5.20. The lowest BCUT2D eigenvalue weighted by atomic mass is 9.89. The molecule has 112 valence electrons. The summed E-state index contributed by atoms with van der Waals surface area (Å²) in [6.45, 7) is 7.36. The number of hydrogen-bond acceptors (Lipinski definition) is 2. The van der Waals surface area contributed by atoms with Crippen LogP contribution in [-0.4, -0.2) is 29.1 Å². The van der Waals surface area contributed by atoms with Gasteiger partial charge in [-0.15, -0.1) is 0 Å². The molecular weight excluding hydrogens is 251 g/mol. The third-order valence-electron chi connectivity index (χ3n) is 4.79. The lowest BCUT2D eigenvalue weighted by Gasteiger charge is -2.44. The Bertz CT molecular complexity index is 448.